The van der Waals surface area contributed by atoms with Crippen LogP contribution < -0.4 is 0 Å². The number of aryl methyl sites for hydroxylation is 1. The van der Waals surface area contributed by atoms with Gasteiger partial charge in [-0.1, -0.05) is 42.8 Å². The average Bonchev–Trinajstić information content (AvgIpc) is 3.48. The van der Waals surface area contributed by atoms with Gasteiger partial charge in [-0.25, -0.2) is 4.68 Å². The first-order valence-corrected chi connectivity index (χ1v) is 13.0. The summed E-state index contributed by atoms with van der Waals surface area (Å²) in [5.74, 6) is 1.52. The Hall–Kier alpha value is -2.21. The van der Waals surface area contributed by atoms with Crippen molar-refractivity contribution in [3.63, 3.8) is 0 Å². The third-order valence-electron chi connectivity index (χ3n) is 7.25. The molecule has 0 saturated heterocycles. The van der Waals surface area contributed by atoms with Crippen molar-refractivity contribution < 1.29 is 14.7 Å². The van der Waals surface area contributed by atoms with Crippen molar-refractivity contribution in [1.82, 2.24) is 15.0 Å². The zero-order chi connectivity index (χ0) is 24.4. The number of halogens is 1. The Balaban J connectivity index is 1.52. The highest BCUT2D eigenvalue weighted by Crippen LogP contribution is 2.50. The van der Waals surface area contributed by atoms with Crippen molar-refractivity contribution in [2.45, 2.75) is 96.4 Å². The number of aromatic nitrogens is 3. The van der Waals surface area contributed by atoms with Gasteiger partial charge in [0, 0.05) is 36.1 Å². The second kappa shape index (κ2) is 10.6. The second-order valence-corrected chi connectivity index (χ2v) is 11.3. The van der Waals surface area contributed by atoms with Gasteiger partial charge in [0.05, 0.1) is 17.4 Å². The van der Waals surface area contributed by atoms with Crippen LogP contribution in [0.15, 0.2) is 18.2 Å². The fourth-order valence-electron chi connectivity index (χ4n) is 5.39. The number of carboxylic acids is 1. The number of ketones is 1. The van der Waals surface area contributed by atoms with Crippen LogP contribution in [0.25, 0.3) is 0 Å². The zero-order valence-electron chi connectivity index (χ0n) is 20.5. The van der Waals surface area contributed by atoms with Crippen LogP contribution in [0.3, 0.4) is 0 Å². The van der Waals surface area contributed by atoms with Crippen LogP contribution in [-0.4, -0.2) is 31.9 Å². The van der Waals surface area contributed by atoms with Gasteiger partial charge in [-0.2, -0.15) is 0 Å². The molecule has 0 unspecified atom stereocenters. The van der Waals surface area contributed by atoms with E-state index in [2.05, 4.69) is 24.2 Å². The molecule has 1 atom stereocenters. The van der Waals surface area contributed by atoms with Crippen LogP contribution in [0.5, 0.6) is 0 Å². The Morgan fingerprint density at radius 2 is 1.94 bits per heavy atom. The summed E-state index contributed by atoms with van der Waals surface area (Å²) in [6.07, 6.45) is 6.63. The van der Waals surface area contributed by atoms with Gasteiger partial charge in [0.1, 0.15) is 5.78 Å². The third kappa shape index (κ3) is 6.07. The number of nitrogens with zero attached hydrogens (tertiary/aromatic N) is 3. The van der Waals surface area contributed by atoms with Crippen molar-refractivity contribution in [3.8, 4) is 0 Å². The molecule has 1 heterocycles. The normalized spacial score (nSPS) is 20.9. The number of carbonyl (C=O) groups excluding carboxylic acids is 1. The van der Waals surface area contributed by atoms with E-state index in [1.165, 1.54) is 6.42 Å². The van der Waals surface area contributed by atoms with Gasteiger partial charge in [0.25, 0.3) is 0 Å². The zero-order valence-corrected chi connectivity index (χ0v) is 21.2. The van der Waals surface area contributed by atoms with E-state index in [-0.39, 0.29) is 31.1 Å². The molecule has 0 spiro atoms. The molecule has 0 aliphatic heterocycles. The highest BCUT2D eigenvalue weighted by atomic mass is 35.5. The lowest BCUT2D eigenvalue weighted by Gasteiger charge is -2.36. The Bertz CT molecular complexity index is 1040. The molecule has 2 aliphatic carbocycles. The molecular weight excluding hydrogens is 450 g/mol. The Morgan fingerprint density at radius 3 is 2.56 bits per heavy atom. The Kier molecular flexibility index (Phi) is 7.76. The summed E-state index contributed by atoms with van der Waals surface area (Å²) in [7, 11) is 0. The van der Waals surface area contributed by atoms with Crippen molar-refractivity contribution in [2.24, 2.45) is 11.8 Å². The largest absolute Gasteiger partial charge is 0.481 e. The molecule has 1 aromatic heterocycles. The number of aliphatic carboxylic acids is 1. The first kappa shape index (κ1) is 24.9. The molecule has 34 heavy (non-hydrogen) atoms. The maximum absolute atomic E-state index is 13.1. The summed E-state index contributed by atoms with van der Waals surface area (Å²) in [6.45, 7) is 6.51. The molecule has 1 aromatic carbocycles. The fraction of sp³-hybridized carbons (Fsp3) is 0.630. The minimum Gasteiger partial charge on any atom is -0.481 e. The predicted molar refractivity (Wildman–Crippen MR) is 132 cm³/mol. The lowest BCUT2D eigenvalue weighted by atomic mass is 9.69. The topological polar surface area (TPSA) is 85.1 Å². The summed E-state index contributed by atoms with van der Waals surface area (Å²) < 4.78 is 1.92. The first-order chi connectivity index (χ1) is 16.2. The van der Waals surface area contributed by atoms with Crippen molar-refractivity contribution >= 4 is 23.4 Å². The van der Waals surface area contributed by atoms with Gasteiger partial charge in [0.15, 0.2) is 0 Å². The summed E-state index contributed by atoms with van der Waals surface area (Å²) in [5, 5.41) is 19.1. The molecule has 0 amide bonds. The van der Waals surface area contributed by atoms with E-state index in [0.717, 1.165) is 54.1 Å². The quantitative estimate of drug-likeness (QED) is 0.383. The minimum absolute atomic E-state index is 0.00241. The van der Waals surface area contributed by atoms with Gasteiger partial charge in [-0.15, -0.1) is 5.10 Å². The molecule has 2 aromatic rings. The van der Waals surface area contributed by atoms with E-state index in [0.29, 0.717) is 29.2 Å². The highest BCUT2D eigenvalue weighted by molar-refractivity contribution is 6.31. The number of carbonyl (C=O) groups is 2. The lowest BCUT2D eigenvalue weighted by molar-refractivity contribution is -0.137. The number of Topliss-reactive ketones (excluding diaryl/α,β-unsaturated/α-hetero) is 1. The van der Waals surface area contributed by atoms with E-state index in [4.69, 9.17) is 11.6 Å². The number of hydrogen-bond acceptors (Lipinski definition) is 4. The molecule has 2 fully saturated rings. The van der Waals surface area contributed by atoms with Crippen LogP contribution in [0.4, 0.5) is 0 Å². The predicted octanol–water partition coefficient (Wildman–Crippen LogP) is 6.26. The smallest absolute Gasteiger partial charge is 0.303 e. The number of carboxylic acid groups (broad SMARTS) is 1. The van der Waals surface area contributed by atoms with Gasteiger partial charge >= 0.3 is 5.97 Å². The second-order valence-electron chi connectivity index (χ2n) is 10.8. The summed E-state index contributed by atoms with van der Waals surface area (Å²) in [6, 6.07) is 5.42. The SMILES string of the molecule is Cc1ccc(CC(=O)C[C@H](CCC(=O)O)n2nnc(C3CC(CC(C)C)C3)c2C2CC2)c(Cl)c1. The molecular formula is C27H36ClN3O3. The molecule has 6 nitrogen and oxygen atoms in total. The molecule has 7 heteroatoms. The van der Waals surface area contributed by atoms with E-state index < -0.39 is 5.97 Å². The molecule has 4 rings (SSSR count). The maximum Gasteiger partial charge on any atom is 0.303 e. The van der Waals surface area contributed by atoms with Gasteiger partial charge in [-0.3, -0.25) is 9.59 Å². The van der Waals surface area contributed by atoms with E-state index >= 15 is 0 Å². The molecule has 184 valence electrons. The number of rotatable bonds is 12. The minimum atomic E-state index is -0.858. The van der Waals surface area contributed by atoms with Gasteiger partial charge < -0.3 is 5.11 Å². The monoisotopic (exact) mass is 485 g/mol. The standard InChI is InChI=1S/C27H36ClN3O3/c1-16(2)10-18-12-21(13-18)26-27(19-6-7-19)31(30-29-26)22(8-9-25(33)34)15-23(32)14-20-5-4-17(3)11-24(20)28/h4-5,11,16,18-19,21-22H,6-10,12-15H2,1-3H3,(H,33,34)/t18?,21?,22-/m0/s1. The summed E-state index contributed by atoms with van der Waals surface area (Å²) in [5.41, 5.74) is 4.11. The fourth-order valence-corrected chi connectivity index (χ4v) is 5.69. The van der Waals surface area contributed by atoms with Crippen LogP contribution in [0.1, 0.15) is 106 Å². The lowest BCUT2D eigenvalue weighted by Crippen LogP contribution is -2.25. The van der Waals surface area contributed by atoms with Crippen LogP contribution in [0, 0.1) is 18.8 Å². The van der Waals surface area contributed by atoms with Crippen molar-refractivity contribution in [3.05, 3.63) is 45.7 Å². The maximum atomic E-state index is 13.1. The van der Waals surface area contributed by atoms with Crippen LogP contribution in [-0.2, 0) is 16.0 Å². The first-order valence-electron chi connectivity index (χ1n) is 12.6. The van der Waals surface area contributed by atoms with Crippen LogP contribution >= 0.6 is 11.6 Å². The molecule has 1 N–H and O–H groups in total. The number of hydrogen-bond donors (Lipinski definition) is 1. The van der Waals surface area contributed by atoms with E-state index in [9.17, 15) is 14.7 Å². The third-order valence-corrected chi connectivity index (χ3v) is 7.60. The van der Waals surface area contributed by atoms with Gasteiger partial charge in [-0.05, 0) is 74.5 Å². The van der Waals surface area contributed by atoms with E-state index in [1.807, 2.05) is 29.8 Å². The molecule has 0 bridgehead atoms. The molecule has 2 saturated carbocycles. The molecule has 2 aliphatic rings. The Morgan fingerprint density at radius 1 is 1.21 bits per heavy atom. The summed E-state index contributed by atoms with van der Waals surface area (Å²) in [4.78, 5) is 24.4. The van der Waals surface area contributed by atoms with Crippen LogP contribution in [0.2, 0.25) is 5.02 Å². The van der Waals surface area contributed by atoms with Crippen molar-refractivity contribution in [1.29, 1.82) is 0 Å². The average molecular weight is 486 g/mol. The Labute approximate surface area is 207 Å². The van der Waals surface area contributed by atoms with Crippen molar-refractivity contribution in [2.75, 3.05) is 0 Å². The molecule has 0 radical (unpaired) electrons. The summed E-state index contributed by atoms with van der Waals surface area (Å²) >= 11 is 6.35. The number of benzene rings is 1. The van der Waals surface area contributed by atoms with E-state index in [1.54, 1.807) is 0 Å². The highest BCUT2D eigenvalue weighted by Gasteiger charge is 2.40. The van der Waals surface area contributed by atoms with Gasteiger partial charge in [0.2, 0.25) is 0 Å².